The number of aromatic nitrogens is 4. The van der Waals surface area contributed by atoms with Gasteiger partial charge in [0.2, 0.25) is 23.3 Å². The van der Waals surface area contributed by atoms with Crippen LogP contribution in [0.5, 0.6) is 11.5 Å². The van der Waals surface area contributed by atoms with Crippen molar-refractivity contribution >= 4 is 16.9 Å². The number of nitrogens with zero attached hydrogens (tertiary/aromatic N) is 5. The first-order valence-electron chi connectivity index (χ1n) is 11.6. The summed E-state index contributed by atoms with van der Waals surface area (Å²) in [4.78, 5) is 22.4. The van der Waals surface area contributed by atoms with E-state index in [1.807, 2.05) is 0 Å². The second kappa shape index (κ2) is 9.84. The van der Waals surface area contributed by atoms with Gasteiger partial charge in [0.25, 0.3) is 0 Å². The fourth-order valence-corrected chi connectivity index (χ4v) is 4.55. The Bertz CT molecular complexity index is 1560. The van der Waals surface area contributed by atoms with Gasteiger partial charge >= 0.3 is 0 Å². The van der Waals surface area contributed by atoms with E-state index in [1.165, 1.54) is 24.5 Å². The number of carbonyl (C=O) groups is 1. The van der Waals surface area contributed by atoms with Crippen LogP contribution in [0.3, 0.4) is 0 Å². The zero-order valence-electron chi connectivity index (χ0n) is 20.0. The molecule has 7 nitrogen and oxygen atoms in total. The van der Waals surface area contributed by atoms with E-state index in [0.29, 0.717) is 36.2 Å². The molecule has 1 atom stereocenters. The minimum Gasteiger partial charge on any atom is -0.451 e. The summed E-state index contributed by atoms with van der Waals surface area (Å²) in [7, 11) is 0. The topological polar surface area (TPSA) is 73.1 Å². The molecule has 0 spiro atoms. The van der Waals surface area contributed by atoms with Crippen LogP contribution < -0.4 is 4.74 Å². The predicted molar refractivity (Wildman–Crippen MR) is 127 cm³/mol. The SMILES string of the molecule is C=CC(=O)N1CCC[C@@H](n2nc(-c3ccc(Oc4c(F)c(F)cc(F)c4F)cc3F)c3c(C)ncnc32)C1. The third-order valence-corrected chi connectivity index (χ3v) is 6.39. The van der Waals surface area contributed by atoms with Crippen LogP contribution in [0.4, 0.5) is 22.0 Å². The molecule has 196 valence electrons. The first-order chi connectivity index (χ1) is 18.2. The molecule has 2 aromatic heterocycles. The lowest BCUT2D eigenvalue weighted by molar-refractivity contribution is -0.127. The number of halogens is 5. The fraction of sp³-hybridized carbons (Fsp3) is 0.231. The van der Waals surface area contributed by atoms with Gasteiger partial charge in [-0.1, -0.05) is 6.58 Å². The molecule has 0 aliphatic carbocycles. The smallest absolute Gasteiger partial charge is 0.246 e. The van der Waals surface area contributed by atoms with Gasteiger partial charge in [0.15, 0.2) is 17.3 Å². The Labute approximate surface area is 213 Å². The molecule has 1 saturated heterocycles. The second-order valence-electron chi connectivity index (χ2n) is 8.78. The predicted octanol–water partition coefficient (Wildman–Crippen LogP) is 5.64. The van der Waals surface area contributed by atoms with Crippen molar-refractivity contribution in [3.8, 4) is 22.8 Å². The molecular formula is C26H20F5N5O2. The van der Waals surface area contributed by atoms with Crippen molar-refractivity contribution in [2.75, 3.05) is 13.1 Å². The van der Waals surface area contributed by atoms with Crippen LogP contribution in [-0.4, -0.2) is 43.6 Å². The average molecular weight is 529 g/mol. The highest BCUT2D eigenvalue weighted by Gasteiger charge is 2.29. The highest BCUT2D eigenvalue weighted by Crippen LogP contribution is 2.37. The summed E-state index contributed by atoms with van der Waals surface area (Å²) in [6, 6.07) is 3.09. The first-order valence-corrected chi connectivity index (χ1v) is 11.6. The van der Waals surface area contributed by atoms with Crippen LogP contribution >= 0.6 is 0 Å². The van der Waals surface area contributed by atoms with Crippen LogP contribution in [0, 0.1) is 36.0 Å². The molecule has 5 rings (SSSR count). The van der Waals surface area contributed by atoms with Gasteiger partial charge in [0.1, 0.15) is 23.6 Å². The van der Waals surface area contributed by atoms with Crippen molar-refractivity contribution in [1.29, 1.82) is 0 Å². The van der Waals surface area contributed by atoms with E-state index in [4.69, 9.17) is 4.74 Å². The summed E-state index contributed by atoms with van der Waals surface area (Å²) in [6.07, 6.45) is 4.04. The summed E-state index contributed by atoms with van der Waals surface area (Å²) in [5, 5.41) is 5.12. The molecule has 0 radical (unpaired) electrons. The lowest BCUT2D eigenvalue weighted by Crippen LogP contribution is -2.40. The zero-order valence-corrected chi connectivity index (χ0v) is 20.0. The van der Waals surface area contributed by atoms with Gasteiger partial charge < -0.3 is 9.64 Å². The molecule has 1 fully saturated rings. The largest absolute Gasteiger partial charge is 0.451 e. The van der Waals surface area contributed by atoms with Crippen LogP contribution in [0.2, 0.25) is 0 Å². The third-order valence-electron chi connectivity index (χ3n) is 6.39. The Kier molecular flexibility index (Phi) is 6.55. The summed E-state index contributed by atoms with van der Waals surface area (Å²) < 4.78 is 77.1. The third kappa shape index (κ3) is 4.35. The van der Waals surface area contributed by atoms with Crippen molar-refractivity contribution in [3.05, 3.63) is 78.0 Å². The Balaban J connectivity index is 1.55. The van der Waals surface area contributed by atoms with E-state index in [-0.39, 0.29) is 29.3 Å². The number of hydrogen-bond donors (Lipinski definition) is 0. The summed E-state index contributed by atoms with van der Waals surface area (Å²) in [6.45, 7) is 6.19. The molecule has 1 aliphatic heterocycles. The quantitative estimate of drug-likeness (QED) is 0.190. The maximum absolute atomic E-state index is 15.4. The lowest BCUT2D eigenvalue weighted by Gasteiger charge is -2.32. The lowest BCUT2D eigenvalue weighted by atomic mass is 10.1. The molecule has 0 unspecified atom stereocenters. The summed E-state index contributed by atoms with van der Waals surface area (Å²) >= 11 is 0. The Hall–Kier alpha value is -4.35. The minimum atomic E-state index is -1.75. The number of amides is 1. The zero-order chi connectivity index (χ0) is 27.1. The van der Waals surface area contributed by atoms with E-state index < -0.39 is 40.6 Å². The van der Waals surface area contributed by atoms with Crippen molar-refractivity contribution in [2.24, 2.45) is 0 Å². The number of benzene rings is 2. The number of carbonyl (C=O) groups excluding carboxylic acids is 1. The number of aryl methyl sites for hydroxylation is 1. The summed E-state index contributed by atoms with van der Waals surface area (Å²) in [5.41, 5.74) is 1.21. The van der Waals surface area contributed by atoms with Crippen molar-refractivity contribution in [2.45, 2.75) is 25.8 Å². The number of ether oxygens (including phenoxy) is 1. The van der Waals surface area contributed by atoms with E-state index in [2.05, 4.69) is 21.6 Å². The Morgan fingerprint density at radius 1 is 1.08 bits per heavy atom. The Morgan fingerprint density at radius 2 is 1.82 bits per heavy atom. The molecule has 0 bridgehead atoms. The first kappa shape index (κ1) is 25.3. The monoisotopic (exact) mass is 529 g/mol. The second-order valence-corrected chi connectivity index (χ2v) is 8.78. The molecule has 38 heavy (non-hydrogen) atoms. The Morgan fingerprint density at radius 3 is 2.50 bits per heavy atom. The van der Waals surface area contributed by atoms with Gasteiger partial charge in [0.05, 0.1) is 17.1 Å². The van der Waals surface area contributed by atoms with E-state index in [1.54, 1.807) is 16.5 Å². The normalized spacial score (nSPS) is 15.6. The number of rotatable bonds is 5. The molecule has 4 aromatic rings. The molecule has 2 aromatic carbocycles. The number of hydrogen-bond acceptors (Lipinski definition) is 5. The standard InChI is InChI=1S/C26H20F5N5O2/c1-3-20(37)35-8-4-5-14(11-35)36-26-21(13(2)32-12-33-26)24(34-36)16-7-6-15(9-17(16)27)38-25-22(30)18(28)10-19(29)23(25)31/h3,6-7,9-10,12,14H,1,4-5,8,11H2,2H3/t14-/m1/s1. The summed E-state index contributed by atoms with van der Waals surface area (Å²) in [5.74, 6) is -9.60. The highest BCUT2D eigenvalue weighted by atomic mass is 19.2. The van der Waals surface area contributed by atoms with Gasteiger partial charge in [-0.2, -0.15) is 13.9 Å². The van der Waals surface area contributed by atoms with E-state index in [9.17, 15) is 22.4 Å². The number of likely N-dealkylation sites (tertiary alicyclic amines) is 1. The van der Waals surface area contributed by atoms with Gasteiger partial charge in [-0.25, -0.2) is 27.8 Å². The molecule has 1 amide bonds. The fourth-order valence-electron chi connectivity index (χ4n) is 4.55. The van der Waals surface area contributed by atoms with Crippen LogP contribution in [0.15, 0.2) is 43.2 Å². The molecule has 0 N–H and O–H groups in total. The highest BCUT2D eigenvalue weighted by molar-refractivity contribution is 5.93. The van der Waals surface area contributed by atoms with E-state index in [0.717, 1.165) is 12.5 Å². The van der Waals surface area contributed by atoms with Crippen LogP contribution in [0.1, 0.15) is 24.6 Å². The average Bonchev–Trinajstić information content (AvgIpc) is 3.30. The van der Waals surface area contributed by atoms with Gasteiger partial charge in [-0.3, -0.25) is 4.79 Å². The van der Waals surface area contributed by atoms with Gasteiger partial charge in [-0.05, 0) is 38.0 Å². The van der Waals surface area contributed by atoms with E-state index >= 15 is 4.39 Å². The minimum absolute atomic E-state index is 0.0141. The maximum Gasteiger partial charge on any atom is 0.246 e. The number of fused-ring (bicyclic) bond motifs is 1. The van der Waals surface area contributed by atoms with Crippen molar-refractivity contribution < 1.29 is 31.5 Å². The van der Waals surface area contributed by atoms with Crippen LogP contribution in [-0.2, 0) is 4.79 Å². The molecule has 12 heteroatoms. The molecule has 0 saturated carbocycles. The van der Waals surface area contributed by atoms with Crippen LogP contribution in [0.25, 0.3) is 22.3 Å². The number of piperidine rings is 1. The maximum atomic E-state index is 15.4. The van der Waals surface area contributed by atoms with Crippen molar-refractivity contribution in [3.63, 3.8) is 0 Å². The molecular weight excluding hydrogens is 509 g/mol. The van der Waals surface area contributed by atoms with Crippen molar-refractivity contribution in [1.82, 2.24) is 24.6 Å². The molecule has 1 aliphatic rings. The van der Waals surface area contributed by atoms with Gasteiger partial charge in [0, 0.05) is 30.8 Å². The molecule has 3 heterocycles. The van der Waals surface area contributed by atoms with Gasteiger partial charge in [-0.15, -0.1) is 0 Å².